The predicted molar refractivity (Wildman–Crippen MR) is 132 cm³/mol. The Balaban J connectivity index is 1.95. The number of amides is 2. The molecule has 1 unspecified atom stereocenters. The van der Waals surface area contributed by atoms with Crippen LogP contribution in [-0.2, 0) is 7.05 Å². The van der Waals surface area contributed by atoms with Gasteiger partial charge < -0.3 is 10.2 Å². The van der Waals surface area contributed by atoms with Gasteiger partial charge in [0.2, 0.25) is 0 Å². The van der Waals surface area contributed by atoms with Crippen LogP contribution in [0.3, 0.4) is 0 Å². The zero-order chi connectivity index (χ0) is 23.3. The number of para-hydroxylation sites is 1. The minimum atomic E-state index is -0.433. The van der Waals surface area contributed by atoms with Gasteiger partial charge in [-0.25, -0.2) is 9.78 Å². The number of nitrogens with zero attached hydrogens (tertiary/aromatic N) is 3. The lowest BCUT2D eigenvalue weighted by molar-refractivity contribution is 0.187. The van der Waals surface area contributed by atoms with Crippen LogP contribution in [0.5, 0.6) is 0 Å². The van der Waals surface area contributed by atoms with Gasteiger partial charge in [-0.15, -0.1) is 0 Å². The van der Waals surface area contributed by atoms with E-state index >= 15 is 0 Å². The van der Waals surface area contributed by atoms with E-state index in [2.05, 4.69) is 12.2 Å². The summed E-state index contributed by atoms with van der Waals surface area (Å²) in [5.74, 6) is 0.525. The monoisotopic (exact) mass is 474 g/mol. The molecule has 1 aromatic heterocycles. The molecule has 0 aliphatic heterocycles. The maximum atomic E-state index is 13.3. The number of anilines is 1. The number of hydrogen-bond acceptors (Lipinski definition) is 3. The first-order chi connectivity index (χ1) is 15.3. The van der Waals surface area contributed by atoms with Gasteiger partial charge in [0, 0.05) is 13.6 Å². The summed E-state index contributed by atoms with van der Waals surface area (Å²) in [5.41, 5.74) is 0.915. The summed E-state index contributed by atoms with van der Waals surface area (Å²) in [6.07, 6.45) is 4.04. The molecule has 2 amide bonds. The second kappa shape index (κ2) is 10.8. The molecule has 0 aliphatic rings. The van der Waals surface area contributed by atoms with E-state index in [0.717, 1.165) is 25.7 Å². The average Bonchev–Trinajstić information content (AvgIpc) is 2.79. The number of rotatable bonds is 8. The third-order valence-electron chi connectivity index (χ3n) is 5.57. The number of benzene rings is 2. The lowest BCUT2D eigenvalue weighted by Gasteiger charge is -2.30. The first kappa shape index (κ1) is 24.1. The Labute approximate surface area is 198 Å². The fourth-order valence-electron chi connectivity index (χ4n) is 3.72. The number of fused-ring (bicyclic) bond motifs is 1. The molecule has 0 aliphatic carbocycles. The molecule has 2 aromatic carbocycles. The fourth-order valence-corrected chi connectivity index (χ4v) is 4.06. The van der Waals surface area contributed by atoms with Gasteiger partial charge in [0.05, 0.1) is 32.7 Å². The Kier molecular flexibility index (Phi) is 8.15. The third-order valence-corrected chi connectivity index (χ3v) is 6.38. The van der Waals surface area contributed by atoms with E-state index in [-0.39, 0.29) is 16.6 Å². The highest BCUT2D eigenvalue weighted by Gasteiger charge is 2.26. The lowest BCUT2D eigenvalue weighted by atomic mass is 10.1. The van der Waals surface area contributed by atoms with Gasteiger partial charge >= 0.3 is 6.03 Å². The fraction of sp³-hybridized carbons (Fsp3) is 0.375. The number of nitrogens with one attached hydrogen (secondary N) is 1. The summed E-state index contributed by atoms with van der Waals surface area (Å²) in [6, 6.07) is 11.6. The lowest BCUT2D eigenvalue weighted by Crippen LogP contribution is -2.40. The van der Waals surface area contributed by atoms with Crippen LogP contribution in [0.25, 0.3) is 10.9 Å². The Hall–Kier alpha value is -2.57. The Morgan fingerprint density at radius 1 is 1.12 bits per heavy atom. The first-order valence-electron chi connectivity index (χ1n) is 10.8. The molecule has 32 heavy (non-hydrogen) atoms. The van der Waals surface area contributed by atoms with E-state index < -0.39 is 6.04 Å². The van der Waals surface area contributed by atoms with E-state index in [1.807, 2.05) is 25.1 Å². The van der Waals surface area contributed by atoms with Crippen molar-refractivity contribution in [2.75, 3.05) is 11.9 Å². The minimum Gasteiger partial charge on any atom is -0.315 e. The number of hydrogen-bond donors (Lipinski definition) is 1. The number of halogens is 2. The van der Waals surface area contributed by atoms with Gasteiger partial charge in [-0.1, -0.05) is 67.6 Å². The van der Waals surface area contributed by atoms with Crippen LogP contribution in [0.15, 0.2) is 47.3 Å². The molecule has 1 N–H and O–H groups in total. The van der Waals surface area contributed by atoms with Crippen molar-refractivity contribution in [3.63, 3.8) is 0 Å². The smallest absolute Gasteiger partial charge is 0.315 e. The summed E-state index contributed by atoms with van der Waals surface area (Å²) in [6.45, 7) is 4.55. The summed E-state index contributed by atoms with van der Waals surface area (Å²) in [5, 5.41) is 4.08. The van der Waals surface area contributed by atoms with E-state index in [1.165, 1.54) is 4.57 Å². The number of carbonyl (C=O) groups excluding carboxylic acids is 1. The SMILES string of the molecule is CCCCCCN(C(=O)Nc1cccc(Cl)c1Cl)C(C)c1nc2ccccc2c(=O)n1C. The van der Waals surface area contributed by atoms with Crippen molar-refractivity contribution in [1.82, 2.24) is 14.5 Å². The van der Waals surface area contributed by atoms with Crippen molar-refractivity contribution < 1.29 is 4.79 Å². The second-order valence-electron chi connectivity index (χ2n) is 7.81. The normalized spacial score (nSPS) is 12.0. The van der Waals surface area contributed by atoms with Crippen LogP contribution < -0.4 is 10.9 Å². The number of aromatic nitrogens is 2. The van der Waals surface area contributed by atoms with E-state index in [0.29, 0.717) is 34.0 Å². The summed E-state index contributed by atoms with van der Waals surface area (Å²) in [4.78, 5) is 32.6. The molecule has 3 rings (SSSR count). The van der Waals surface area contributed by atoms with Crippen molar-refractivity contribution >= 4 is 45.8 Å². The minimum absolute atomic E-state index is 0.137. The molecule has 1 heterocycles. The Bertz CT molecular complexity index is 1160. The largest absolute Gasteiger partial charge is 0.322 e. The van der Waals surface area contributed by atoms with Crippen LogP contribution in [0, 0.1) is 0 Å². The van der Waals surface area contributed by atoms with Crippen molar-refractivity contribution in [2.45, 2.75) is 45.6 Å². The number of urea groups is 1. The highest BCUT2D eigenvalue weighted by Crippen LogP contribution is 2.30. The van der Waals surface area contributed by atoms with Gasteiger partial charge in [-0.3, -0.25) is 9.36 Å². The van der Waals surface area contributed by atoms with Crippen LogP contribution in [-0.4, -0.2) is 27.0 Å². The van der Waals surface area contributed by atoms with Crippen LogP contribution in [0.4, 0.5) is 10.5 Å². The molecular weight excluding hydrogens is 447 g/mol. The summed E-state index contributed by atoms with van der Waals surface area (Å²) < 4.78 is 1.52. The third kappa shape index (κ3) is 5.25. The highest BCUT2D eigenvalue weighted by atomic mass is 35.5. The van der Waals surface area contributed by atoms with Gasteiger partial charge in [0.25, 0.3) is 5.56 Å². The van der Waals surface area contributed by atoms with E-state index in [9.17, 15) is 9.59 Å². The molecule has 170 valence electrons. The maximum absolute atomic E-state index is 13.3. The van der Waals surface area contributed by atoms with E-state index in [4.69, 9.17) is 28.2 Å². The zero-order valence-electron chi connectivity index (χ0n) is 18.6. The molecule has 0 bridgehead atoms. The molecule has 6 nitrogen and oxygen atoms in total. The molecular formula is C24H28Cl2N4O2. The Morgan fingerprint density at radius 3 is 2.62 bits per heavy atom. The van der Waals surface area contributed by atoms with Crippen molar-refractivity contribution in [3.05, 3.63) is 68.7 Å². The molecule has 0 saturated heterocycles. The van der Waals surface area contributed by atoms with Crippen LogP contribution in [0.2, 0.25) is 10.0 Å². The molecule has 0 radical (unpaired) electrons. The topological polar surface area (TPSA) is 67.2 Å². The van der Waals surface area contributed by atoms with Gasteiger partial charge in [0.15, 0.2) is 0 Å². The zero-order valence-corrected chi connectivity index (χ0v) is 20.1. The summed E-state index contributed by atoms with van der Waals surface area (Å²) in [7, 11) is 1.69. The van der Waals surface area contributed by atoms with Gasteiger partial charge in [-0.05, 0) is 37.6 Å². The summed E-state index contributed by atoms with van der Waals surface area (Å²) >= 11 is 12.4. The van der Waals surface area contributed by atoms with Crippen LogP contribution in [0.1, 0.15) is 51.4 Å². The Morgan fingerprint density at radius 2 is 1.88 bits per heavy atom. The second-order valence-corrected chi connectivity index (χ2v) is 8.60. The molecule has 8 heteroatoms. The molecule has 3 aromatic rings. The molecule has 1 atom stereocenters. The van der Waals surface area contributed by atoms with Crippen molar-refractivity contribution in [2.24, 2.45) is 7.05 Å². The molecule has 0 saturated carbocycles. The van der Waals surface area contributed by atoms with Crippen molar-refractivity contribution in [1.29, 1.82) is 0 Å². The molecule has 0 fully saturated rings. The van der Waals surface area contributed by atoms with Crippen LogP contribution >= 0.6 is 23.2 Å². The standard InChI is InChI=1S/C24H28Cl2N4O2/c1-4-5-6-9-15-30(24(32)28-20-14-10-12-18(25)21(20)26)16(2)22-27-19-13-8-7-11-17(19)23(31)29(22)3/h7-8,10-14,16H,4-6,9,15H2,1-3H3,(H,28,32). The maximum Gasteiger partial charge on any atom is 0.322 e. The quantitative estimate of drug-likeness (QED) is 0.383. The van der Waals surface area contributed by atoms with Gasteiger partial charge in [0.1, 0.15) is 5.82 Å². The van der Waals surface area contributed by atoms with Crippen molar-refractivity contribution in [3.8, 4) is 0 Å². The predicted octanol–water partition coefficient (Wildman–Crippen LogP) is 6.42. The first-order valence-corrected chi connectivity index (χ1v) is 11.6. The van der Waals surface area contributed by atoms with E-state index in [1.54, 1.807) is 36.2 Å². The number of unbranched alkanes of at least 4 members (excludes halogenated alkanes) is 3. The highest BCUT2D eigenvalue weighted by molar-refractivity contribution is 6.43. The molecule has 0 spiro atoms. The van der Waals surface area contributed by atoms with Gasteiger partial charge in [-0.2, -0.15) is 0 Å². The average molecular weight is 475 g/mol. The number of carbonyl (C=O) groups is 1.